The molecular formula is C15H18ClN5O. The Morgan fingerprint density at radius 2 is 2.32 bits per heavy atom. The molecule has 2 aromatic heterocycles. The average Bonchev–Trinajstić information content (AvgIpc) is 3.08. The van der Waals surface area contributed by atoms with Crippen LogP contribution in [0.5, 0.6) is 0 Å². The maximum Gasteiger partial charge on any atom is 0.255 e. The SMILES string of the molecule is CCN1CCN(C(=O)c2ccncc2Cl)CC1c1ncc[nH]1. The minimum Gasteiger partial charge on any atom is -0.347 e. The number of amides is 1. The van der Waals surface area contributed by atoms with E-state index in [1.165, 1.54) is 6.20 Å². The van der Waals surface area contributed by atoms with E-state index in [-0.39, 0.29) is 11.9 Å². The van der Waals surface area contributed by atoms with Gasteiger partial charge in [0.1, 0.15) is 5.82 Å². The highest BCUT2D eigenvalue weighted by atomic mass is 35.5. The number of halogens is 1. The van der Waals surface area contributed by atoms with Crippen LogP contribution in [0.4, 0.5) is 0 Å². The van der Waals surface area contributed by atoms with E-state index in [0.717, 1.165) is 18.9 Å². The lowest BCUT2D eigenvalue weighted by Crippen LogP contribution is -2.50. The summed E-state index contributed by atoms with van der Waals surface area (Å²) in [6.07, 6.45) is 6.64. The summed E-state index contributed by atoms with van der Waals surface area (Å²) in [5, 5.41) is 0.389. The van der Waals surface area contributed by atoms with Gasteiger partial charge in [0.05, 0.1) is 16.6 Å². The number of rotatable bonds is 3. The lowest BCUT2D eigenvalue weighted by atomic mass is 10.1. The molecule has 1 atom stereocenters. The highest BCUT2D eigenvalue weighted by Gasteiger charge is 2.32. The molecule has 3 rings (SSSR count). The van der Waals surface area contributed by atoms with E-state index in [0.29, 0.717) is 23.7 Å². The molecular weight excluding hydrogens is 302 g/mol. The molecule has 1 N–H and O–H groups in total. The molecule has 116 valence electrons. The van der Waals surface area contributed by atoms with Crippen molar-refractivity contribution in [1.29, 1.82) is 0 Å². The zero-order chi connectivity index (χ0) is 15.5. The van der Waals surface area contributed by atoms with Gasteiger partial charge in [0.25, 0.3) is 5.91 Å². The highest BCUT2D eigenvalue weighted by Crippen LogP contribution is 2.25. The molecule has 3 heterocycles. The first-order valence-corrected chi connectivity index (χ1v) is 7.70. The molecule has 6 nitrogen and oxygen atoms in total. The largest absolute Gasteiger partial charge is 0.347 e. The van der Waals surface area contributed by atoms with E-state index in [9.17, 15) is 4.79 Å². The van der Waals surface area contributed by atoms with Crippen LogP contribution in [0.15, 0.2) is 30.9 Å². The van der Waals surface area contributed by atoms with Gasteiger partial charge in [-0.3, -0.25) is 14.7 Å². The van der Waals surface area contributed by atoms with Crippen molar-refractivity contribution in [3.63, 3.8) is 0 Å². The number of imidazole rings is 1. The number of hydrogen-bond acceptors (Lipinski definition) is 4. The number of pyridine rings is 1. The summed E-state index contributed by atoms with van der Waals surface area (Å²) < 4.78 is 0. The van der Waals surface area contributed by atoms with Crippen molar-refractivity contribution in [2.24, 2.45) is 0 Å². The third kappa shape index (κ3) is 2.84. The van der Waals surface area contributed by atoms with Crippen molar-refractivity contribution in [2.75, 3.05) is 26.2 Å². The van der Waals surface area contributed by atoms with Gasteiger partial charge in [0, 0.05) is 44.4 Å². The summed E-state index contributed by atoms with van der Waals surface area (Å²) in [4.78, 5) is 28.3. The van der Waals surface area contributed by atoms with E-state index >= 15 is 0 Å². The van der Waals surface area contributed by atoms with Crippen LogP contribution in [0.3, 0.4) is 0 Å². The van der Waals surface area contributed by atoms with E-state index in [2.05, 4.69) is 26.8 Å². The van der Waals surface area contributed by atoms with Crippen LogP contribution in [0, 0.1) is 0 Å². The summed E-state index contributed by atoms with van der Waals surface area (Å²) in [7, 11) is 0. The van der Waals surface area contributed by atoms with Crippen molar-refractivity contribution in [2.45, 2.75) is 13.0 Å². The number of nitrogens with zero attached hydrogens (tertiary/aromatic N) is 4. The fourth-order valence-corrected chi connectivity index (χ4v) is 3.02. The normalized spacial score (nSPS) is 19.4. The Labute approximate surface area is 134 Å². The van der Waals surface area contributed by atoms with Gasteiger partial charge >= 0.3 is 0 Å². The number of hydrogen-bond donors (Lipinski definition) is 1. The molecule has 1 aliphatic rings. The first-order chi connectivity index (χ1) is 10.7. The van der Waals surface area contributed by atoms with Crippen LogP contribution >= 0.6 is 11.6 Å². The second kappa shape index (κ2) is 6.46. The maximum absolute atomic E-state index is 12.7. The zero-order valence-corrected chi connectivity index (χ0v) is 13.1. The van der Waals surface area contributed by atoms with Crippen LogP contribution in [-0.2, 0) is 0 Å². The number of nitrogens with one attached hydrogen (secondary N) is 1. The molecule has 0 radical (unpaired) electrons. The van der Waals surface area contributed by atoms with Crippen LogP contribution in [0.1, 0.15) is 29.1 Å². The van der Waals surface area contributed by atoms with Gasteiger partial charge < -0.3 is 9.88 Å². The van der Waals surface area contributed by atoms with Crippen molar-refractivity contribution in [1.82, 2.24) is 24.8 Å². The maximum atomic E-state index is 12.7. The molecule has 7 heteroatoms. The van der Waals surface area contributed by atoms with Gasteiger partial charge in [-0.2, -0.15) is 0 Å². The number of piperazine rings is 1. The van der Waals surface area contributed by atoms with E-state index < -0.39 is 0 Å². The third-order valence-corrected chi connectivity index (χ3v) is 4.32. The average molecular weight is 320 g/mol. The van der Waals surface area contributed by atoms with Crippen molar-refractivity contribution in [3.8, 4) is 0 Å². The van der Waals surface area contributed by atoms with Crippen LogP contribution in [0.2, 0.25) is 5.02 Å². The third-order valence-electron chi connectivity index (χ3n) is 4.02. The summed E-state index contributed by atoms with van der Waals surface area (Å²) in [6, 6.07) is 1.75. The van der Waals surface area contributed by atoms with Crippen LogP contribution in [0.25, 0.3) is 0 Å². The number of likely N-dealkylation sites (N-methyl/N-ethyl adjacent to an activating group) is 1. The second-order valence-corrected chi connectivity index (χ2v) is 5.63. The quantitative estimate of drug-likeness (QED) is 0.939. The number of H-pyrrole nitrogens is 1. The molecule has 2 aromatic rings. The van der Waals surface area contributed by atoms with Gasteiger partial charge in [-0.1, -0.05) is 18.5 Å². The zero-order valence-electron chi connectivity index (χ0n) is 12.4. The molecule has 0 aromatic carbocycles. The molecule has 1 amide bonds. The standard InChI is InChI=1S/C15H18ClN5O/c1-2-20-7-8-21(10-13(20)14-18-5-6-19-14)15(22)11-3-4-17-9-12(11)16/h3-6,9,13H,2,7-8,10H2,1H3,(H,18,19). The van der Waals surface area contributed by atoms with Gasteiger partial charge in [-0.25, -0.2) is 4.98 Å². The molecule has 1 saturated heterocycles. The van der Waals surface area contributed by atoms with E-state index in [1.54, 1.807) is 18.5 Å². The van der Waals surface area contributed by atoms with Crippen LogP contribution < -0.4 is 0 Å². The Kier molecular flexibility index (Phi) is 4.40. The molecule has 0 spiro atoms. The van der Waals surface area contributed by atoms with Crippen LogP contribution in [-0.4, -0.2) is 56.8 Å². The van der Waals surface area contributed by atoms with E-state index in [4.69, 9.17) is 11.6 Å². The first kappa shape index (κ1) is 15.0. The lowest BCUT2D eigenvalue weighted by molar-refractivity contribution is 0.0480. The first-order valence-electron chi connectivity index (χ1n) is 7.32. The fraction of sp³-hybridized carbons (Fsp3) is 0.400. The minimum atomic E-state index is -0.0558. The molecule has 0 aliphatic carbocycles. The molecule has 1 fully saturated rings. The number of carbonyl (C=O) groups excluding carboxylic acids is 1. The number of aromatic amines is 1. The second-order valence-electron chi connectivity index (χ2n) is 5.23. The van der Waals surface area contributed by atoms with Gasteiger partial charge in [-0.15, -0.1) is 0 Å². The Hall–Kier alpha value is -1.92. The van der Waals surface area contributed by atoms with Crippen molar-refractivity contribution < 1.29 is 4.79 Å². The van der Waals surface area contributed by atoms with Crippen molar-refractivity contribution >= 4 is 17.5 Å². The molecule has 1 aliphatic heterocycles. The van der Waals surface area contributed by atoms with Crippen molar-refractivity contribution in [3.05, 3.63) is 47.3 Å². The fourth-order valence-electron chi connectivity index (χ4n) is 2.82. The van der Waals surface area contributed by atoms with E-state index in [1.807, 2.05) is 11.1 Å². The Morgan fingerprint density at radius 1 is 1.45 bits per heavy atom. The van der Waals surface area contributed by atoms with Gasteiger partial charge in [-0.05, 0) is 12.6 Å². The summed E-state index contributed by atoms with van der Waals surface area (Å²) in [5.74, 6) is 0.833. The smallest absolute Gasteiger partial charge is 0.255 e. The number of aromatic nitrogens is 3. The molecule has 0 bridgehead atoms. The predicted octanol–water partition coefficient (Wildman–Crippen LogP) is 1.98. The minimum absolute atomic E-state index is 0.0558. The summed E-state index contributed by atoms with van der Waals surface area (Å²) in [6.45, 7) is 5.13. The Bertz CT molecular complexity index is 645. The Morgan fingerprint density at radius 3 is 3.00 bits per heavy atom. The lowest BCUT2D eigenvalue weighted by Gasteiger charge is -2.40. The number of carbonyl (C=O) groups is 1. The van der Waals surface area contributed by atoms with Gasteiger partial charge in [0.2, 0.25) is 0 Å². The molecule has 22 heavy (non-hydrogen) atoms. The highest BCUT2D eigenvalue weighted by molar-refractivity contribution is 6.33. The molecule has 1 unspecified atom stereocenters. The monoisotopic (exact) mass is 319 g/mol. The van der Waals surface area contributed by atoms with Gasteiger partial charge in [0.15, 0.2) is 0 Å². The topological polar surface area (TPSA) is 65.1 Å². The summed E-state index contributed by atoms with van der Waals surface area (Å²) in [5.41, 5.74) is 0.500. The predicted molar refractivity (Wildman–Crippen MR) is 83.7 cm³/mol. The Balaban J connectivity index is 1.81. The summed E-state index contributed by atoms with van der Waals surface area (Å²) >= 11 is 6.09. The molecule has 0 saturated carbocycles.